The Hall–Kier alpha value is -0.770. The van der Waals surface area contributed by atoms with E-state index in [1.807, 2.05) is 26.0 Å². The van der Waals surface area contributed by atoms with Crippen LogP contribution in [0.5, 0.6) is 0 Å². The molecule has 72 valence electrons. The van der Waals surface area contributed by atoms with E-state index in [0.29, 0.717) is 0 Å². The summed E-state index contributed by atoms with van der Waals surface area (Å²) >= 11 is 0. The number of hydrogen-bond donors (Lipinski definition) is 1. The topological polar surface area (TPSA) is 55.9 Å². The molecule has 0 aliphatic heterocycles. The van der Waals surface area contributed by atoms with Crippen LogP contribution in [0, 0.1) is 13.8 Å². The van der Waals surface area contributed by atoms with Gasteiger partial charge in [0.05, 0.1) is 11.7 Å². The summed E-state index contributed by atoms with van der Waals surface area (Å²) in [5.41, 5.74) is 3.23. The summed E-state index contributed by atoms with van der Waals surface area (Å²) in [6.07, 6.45) is 0. The number of carboxylic acid groups (broad SMARTS) is 1. The second-order valence-corrected chi connectivity index (χ2v) is 3.44. The van der Waals surface area contributed by atoms with E-state index in [2.05, 4.69) is 4.98 Å². The van der Waals surface area contributed by atoms with Crippen molar-refractivity contribution in [3.05, 3.63) is 35.0 Å². The van der Waals surface area contributed by atoms with Gasteiger partial charge < -0.3 is 14.9 Å². The number of aromatic nitrogens is 1. The first-order valence-electron chi connectivity index (χ1n) is 4.40. The van der Waals surface area contributed by atoms with Gasteiger partial charge in [0.2, 0.25) is 0 Å². The van der Waals surface area contributed by atoms with E-state index in [1.165, 1.54) is 0 Å². The number of carbonyl (C=O) groups excluding carboxylic acids is 1. The Morgan fingerprint density at radius 3 is 2.60 bits per heavy atom. The zero-order valence-electron chi connectivity index (χ0n) is 9.05. The number of H-pyrrole nitrogens is 1. The first-order valence-corrected chi connectivity index (χ1v) is 4.40. The van der Waals surface area contributed by atoms with Crippen LogP contribution >= 0.6 is 0 Å². The van der Waals surface area contributed by atoms with Gasteiger partial charge >= 0.3 is 29.6 Å². The van der Waals surface area contributed by atoms with Crippen LogP contribution in [-0.2, 0) is 0 Å². The van der Waals surface area contributed by atoms with Crippen molar-refractivity contribution in [1.29, 1.82) is 0 Å². The summed E-state index contributed by atoms with van der Waals surface area (Å²) in [6.45, 7) is 3.98. The molecule has 0 fully saturated rings. The third kappa shape index (κ3) is 2.09. The minimum Gasteiger partial charge on any atom is -0.543 e. The Balaban J connectivity index is 0.00000112. The minimum atomic E-state index is -1.17. The molecule has 0 bridgehead atoms. The number of benzene rings is 1. The number of aromatic carboxylic acids is 1. The predicted octanol–water partition coefficient (Wildman–Crippen LogP) is -1.85. The molecule has 1 aromatic carbocycles. The van der Waals surface area contributed by atoms with E-state index in [4.69, 9.17) is 0 Å². The molecule has 0 amide bonds. The predicted molar refractivity (Wildman–Crippen MR) is 52.1 cm³/mol. The molecule has 15 heavy (non-hydrogen) atoms. The van der Waals surface area contributed by atoms with Crippen LogP contribution in [0.4, 0.5) is 0 Å². The van der Waals surface area contributed by atoms with Crippen LogP contribution in [0.25, 0.3) is 10.9 Å². The fourth-order valence-electron chi connectivity index (χ4n) is 1.57. The second kappa shape index (κ2) is 4.39. The Morgan fingerprint density at radius 2 is 2.00 bits per heavy atom. The van der Waals surface area contributed by atoms with Crippen LogP contribution in [0.2, 0.25) is 0 Å². The molecule has 3 nitrogen and oxygen atoms in total. The maximum Gasteiger partial charge on any atom is 1.00 e. The van der Waals surface area contributed by atoms with Gasteiger partial charge in [-0.25, -0.2) is 0 Å². The normalized spacial score (nSPS) is 10.0. The van der Waals surface area contributed by atoms with Gasteiger partial charge in [-0.1, -0.05) is 6.07 Å². The van der Waals surface area contributed by atoms with Gasteiger partial charge in [0.25, 0.3) is 0 Å². The van der Waals surface area contributed by atoms with Crippen LogP contribution < -0.4 is 34.7 Å². The van der Waals surface area contributed by atoms with E-state index < -0.39 is 5.97 Å². The largest absolute Gasteiger partial charge is 1.00 e. The van der Waals surface area contributed by atoms with Crippen LogP contribution in [0.15, 0.2) is 18.2 Å². The van der Waals surface area contributed by atoms with Gasteiger partial charge in [-0.2, -0.15) is 0 Å². The molecule has 0 aliphatic rings. The third-order valence-corrected chi connectivity index (χ3v) is 2.56. The number of fused-ring (bicyclic) bond motifs is 1. The maximum atomic E-state index is 10.6. The Labute approximate surface area is 110 Å². The Kier molecular flexibility index (Phi) is 3.60. The van der Waals surface area contributed by atoms with Crippen molar-refractivity contribution in [1.82, 2.24) is 4.98 Å². The first-order chi connectivity index (χ1) is 6.59. The SMILES string of the molecule is Cc1ccc2[nH]c(C(=O)[O-])cc2c1C.[Na+]. The molecule has 0 atom stereocenters. The van der Waals surface area contributed by atoms with E-state index >= 15 is 0 Å². The molecule has 0 saturated heterocycles. The number of nitrogens with one attached hydrogen (secondary N) is 1. The van der Waals surface area contributed by atoms with Crippen molar-refractivity contribution < 1.29 is 39.5 Å². The molecule has 2 aromatic rings. The Morgan fingerprint density at radius 1 is 1.33 bits per heavy atom. The van der Waals surface area contributed by atoms with Crippen molar-refractivity contribution in [2.75, 3.05) is 0 Å². The average Bonchev–Trinajstić information content (AvgIpc) is 2.56. The van der Waals surface area contributed by atoms with Gasteiger partial charge in [0, 0.05) is 10.9 Å². The number of rotatable bonds is 1. The van der Waals surface area contributed by atoms with Crippen LogP contribution in [0.3, 0.4) is 0 Å². The number of aromatic amines is 1. The molecule has 0 aliphatic carbocycles. The van der Waals surface area contributed by atoms with Crippen molar-refractivity contribution in [2.45, 2.75) is 13.8 Å². The van der Waals surface area contributed by atoms with Gasteiger partial charge in [0.1, 0.15) is 0 Å². The number of hydrogen-bond acceptors (Lipinski definition) is 2. The maximum absolute atomic E-state index is 10.6. The van der Waals surface area contributed by atoms with Crippen LogP contribution in [-0.4, -0.2) is 11.0 Å². The van der Waals surface area contributed by atoms with E-state index in [9.17, 15) is 9.90 Å². The van der Waals surface area contributed by atoms with Gasteiger partial charge in [-0.05, 0) is 37.1 Å². The number of aryl methyl sites for hydroxylation is 2. The second-order valence-electron chi connectivity index (χ2n) is 3.44. The molecule has 1 N–H and O–H groups in total. The standard InChI is InChI=1S/C11H11NO2.Na/c1-6-3-4-9-8(7(6)2)5-10(12-9)11(13)14;/h3-5,12H,1-2H3,(H,13,14);/q;+1/p-1. The summed E-state index contributed by atoms with van der Waals surface area (Å²) in [5.74, 6) is -1.17. The quantitative estimate of drug-likeness (QED) is 0.563. The monoisotopic (exact) mass is 211 g/mol. The van der Waals surface area contributed by atoms with Gasteiger partial charge in [-0.15, -0.1) is 0 Å². The molecule has 0 radical (unpaired) electrons. The number of carboxylic acids is 1. The molecule has 1 heterocycles. The van der Waals surface area contributed by atoms with Gasteiger partial charge in [0.15, 0.2) is 0 Å². The van der Waals surface area contributed by atoms with Crippen LogP contribution in [0.1, 0.15) is 21.6 Å². The molecule has 0 spiro atoms. The molecule has 1 aromatic heterocycles. The number of carbonyl (C=O) groups is 1. The summed E-state index contributed by atoms with van der Waals surface area (Å²) < 4.78 is 0. The summed E-state index contributed by atoms with van der Waals surface area (Å²) in [5, 5.41) is 11.6. The van der Waals surface area contributed by atoms with Gasteiger partial charge in [-0.3, -0.25) is 0 Å². The van der Waals surface area contributed by atoms with Crippen molar-refractivity contribution in [2.24, 2.45) is 0 Å². The molecule has 2 rings (SSSR count). The zero-order chi connectivity index (χ0) is 10.3. The summed E-state index contributed by atoms with van der Waals surface area (Å²) in [7, 11) is 0. The minimum absolute atomic E-state index is 0. The summed E-state index contributed by atoms with van der Waals surface area (Å²) in [6, 6.07) is 5.46. The summed E-state index contributed by atoms with van der Waals surface area (Å²) in [4.78, 5) is 13.4. The third-order valence-electron chi connectivity index (χ3n) is 2.56. The van der Waals surface area contributed by atoms with E-state index in [0.717, 1.165) is 22.0 Å². The van der Waals surface area contributed by atoms with E-state index in [1.54, 1.807) is 6.07 Å². The first kappa shape index (κ1) is 12.3. The molecule has 0 saturated carbocycles. The smallest absolute Gasteiger partial charge is 0.543 e. The van der Waals surface area contributed by atoms with E-state index in [-0.39, 0.29) is 35.3 Å². The molecule has 0 unspecified atom stereocenters. The fourth-order valence-corrected chi connectivity index (χ4v) is 1.57. The molecule has 4 heteroatoms. The van der Waals surface area contributed by atoms with Crippen molar-refractivity contribution in [3.8, 4) is 0 Å². The van der Waals surface area contributed by atoms with Crippen molar-refractivity contribution in [3.63, 3.8) is 0 Å². The fraction of sp³-hybridized carbons (Fsp3) is 0.182. The molecular weight excluding hydrogens is 201 g/mol. The zero-order valence-corrected chi connectivity index (χ0v) is 11.0. The Bertz CT molecular complexity index is 517. The average molecular weight is 211 g/mol. The molecular formula is C11H10NNaO2. The van der Waals surface area contributed by atoms with Crippen molar-refractivity contribution >= 4 is 16.9 Å².